The van der Waals surface area contributed by atoms with Gasteiger partial charge in [-0.2, -0.15) is 0 Å². The fraction of sp³-hybridized carbons (Fsp3) is 0.0769. The van der Waals surface area contributed by atoms with Crippen molar-refractivity contribution in [1.82, 2.24) is 0 Å². The van der Waals surface area contributed by atoms with Crippen molar-refractivity contribution in [2.24, 2.45) is 10.3 Å². The summed E-state index contributed by atoms with van der Waals surface area (Å²) in [5.74, 6) is 1.10. The molecule has 0 fully saturated rings. The Morgan fingerprint density at radius 1 is 0.641 bits per heavy atom. The fourth-order valence-electron chi connectivity index (χ4n) is 2.68. The van der Waals surface area contributed by atoms with Crippen molar-refractivity contribution in [3.05, 3.63) is 115 Å². The van der Waals surface area contributed by atoms with Gasteiger partial charge in [0.25, 0.3) is 0 Å². The van der Waals surface area contributed by atoms with Crippen molar-refractivity contribution in [1.29, 1.82) is 0 Å². The minimum absolute atomic E-state index is 0.102. The molecule has 39 heavy (non-hydrogen) atoms. The zero-order chi connectivity index (χ0) is 29.1. The van der Waals surface area contributed by atoms with Gasteiger partial charge in [0.1, 0.15) is 18.1 Å². The minimum Gasteiger partial charge on any atom is -0.508 e. The summed E-state index contributed by atoms with van der Waals surface area (Å²) >= 11 is 7.66. The first-order valence-corrected chi connectivity index (χ1v) is 17.3. The molecule has 0 saturated heterocycles. The third-order valence-corrected chi connectivity index (χ3v) is 8.65. The molecule has 0 aromatic heterocycles. The fourth-order valence-corrected chi connectivity index (χ4v) is 4.81. The lowest BCUT2D eigenvalue weighted by atomic mass is 10.2. The average molecular weight is 859 g/mol. The molecule has 0 aliphatic heterocycles. The first kappa shape index (κ1) is 33.4. The average Bonchev–Trinajstić information content (AvgIpc) is 2.90. The summed E-state index contributed by atoms with van der Waals surface area (Å²) < 4.78 is 51.7. The molecule has 0 radical (unpaired) electrons. The highest BCUT2D eigenvalue weighted by Gasteiger charge is 2.07. The second-order valence-electron chi connectivity index (χ2n) is 7.73. The van der Waals surface area contributed by atoms with Crippen molar-refractivity contribution >= 4 is 81.2 Å². The van der Waals surface area contributed by atoms with Gasteiger partial charge in [0, 0.05) is 12.5 Å². The highest BCUT2D eigenvalue weighted by molar-refractivity contribution is 14.1. The zero-order valence-electron chi connectivity index (χ0n) is 20.2. The molecule has 0 atom stereocenters. The summed E-state index contributed by atoms with van der Waals surface area (Å²) in [6.07, 6.45) is 0. The van der Waals surface area contributed by atoms with E-state index in [2.05, 4.69) is 61.1 Å². The van der Waals surface area contributed by atoms with E-state index in [-0.39, 0.29) is 9.79 Å². The maximum atomic E-state index is 11.1. The van der Waals surface area contributed by atoms with Gasteiger partial charge < -0.3 is 9.84 Å². The molecule has 4 aromatic rings. The number of benzene rings is 4. The van der Waals surface area contributed by atoms with Crippen LogP contribution in [0, 0.1) is 7.14 Å². The summed E-state index contributed by atoms with van der Waals surface area (Å²) in [5.41, 5.74) is 1.90. The second kappa shape index (κ2) is 15.9. The Labute approximate surface area is 264 Å². The number of phenols is 1. The number of phenolic OH excluding ortho intramolecular Hbond substituents is 1. The van der Waals surface area contributed by atoms with Gasteiger partial charge in [0.15, 0.2) is 0 Å². The molecular formula is C26H25BrI2N2O6S2. The Balaban J connectivity index is 0.000000227. The Morgan fingerprint density at radius 3 is 1.38 bits per heavy atom. The monoisotopic (exact) mass is 858 g/mol. The van der Waals surface area contributed by atoms with E-state index in [1.165, 1.54) is 24.3 Å². The summed E-state index contributed by atoms with van der Waals surface area (Å²) in [5, 5.41) is 19.4. The molecule has 4 rings (SSSR count). The van der Waals surface area contributed by atoms with Crippen LogP contribution >= 0.6 is 61.1 Å². The highest BCUT2D eigenvalue weighted by Crippen LogP contribution is 2.16. The molecule has 4 aromatic carbocycles. The molecule has 0 unspecified atom stereocenters. The molecule has 0 saturated carbocycles. The largest absolute Gasteiger partial charge is 0.508 e. The van der Waals surface area contributed by atoms with Gasteiger partial charge in [-0.25, -0.2) is 27.1 Å². The molecule has 0 aliphatic rings. The van der Waals surface area contributed by atoms with E-state index in [0.29, 0.717) is 17.7 Å². The molecule has 208 valence electrons. The Bertz CT molecular complexity index is 1510. The van der Waals surface area contributed by atoms with Gasteiger partial charge in [-0.3, -0.25) is 0 Å². The van der Waals surface area contributed by atoms with Crippen molar-refractivity contribution in [3.8, 4) is 11.5 Å². The van der Waals surface area contributed by atoms with Crippen molar-refractivity contribution in [2.45, 2.75) is 21.7 Å². The topological polar surface area (TPSA) is 150 Å². The number of hydrogen-bond donors (Lipinski definition) is 3. The van der Waals surface area contributed by atoms with Crippen LogP contribution in [0.4, 0.5) is 0 Å². The summed E-state index contributed by atoms with van der Waals surface area (Å²) in [4.78, 5) is 0.248. The predicted octanol–water partition coefficient (Wildman–Crippen LogP) is 5.74. The molecular weight excluding hydrogens is 834 g/mol. The van der Waals surface area contributed by atoms with Gasteiger partial charge in [-0.15, -0.1) is 0 Å². The van der Waals surface area contributed by atoms with Crippen molar-refractivity contribution in [2.75, 3.05) is 0 Å². The Kier molecular flexibility index (Phi) is 13.6. The lowest BCUT2D eigenvalue weighted by Gasteiger charge is -2.07. The van der Waals surface area contributed by atoms with Crippen LogP contribution in [0.3, 0.4) is 0 Å². The van der Waals surface area contributed by atoms with E-state index in [1.54, 1.807) is 36.4 Å². The number of rotatable bonds is 6. The SMILES string of the molecule is NS(=O)(=O)c1ccc(CBr)cc1.NS(=O)(=O)c1ccc(COc2ccc(I)cc2)cc1.Oc1ccc(I)cc1. The van der Waals surface area contributed by atoms with E-state index in [9.17, 15) is 16.8 Å². The number of ether oxygens (including phenoxy) is 1. The number of primary sulfonamides is 2. The lowest BCUT2D eigenvalue weighted by Crippen LogP contribution is -2.12. The molecule has 5 N–H and O–H groups in total. The number of sulfonamides is 2. The van der Waals surface area contributed by atoms with E-state index < -0.39 is 20.0 Å². The number of alkyl halides is 1. The van der Waals surface area contributed by atoms with Gasteiger partial charge in [-0.05, 0) is 129 Å². The lowest BCUT2D eigenvalue weighted by molar-refractivity contribution is 0.306. The van der Waals surface area contributed by atoms with Crippen molar-refractivity contribution in [3.63, 3.8) is 0 Å². The van der Waals surface area contributed by atoms with Crippen LogP contribution in [-0.4, -0.2) is 21.9 Å². The first-order chi connectivity index (χ1) is 18.3. The number of halogens is 3. The quantitative estimate of drug-likeness (QED) is 0.166. The van der Waals surface area contributed by atoms with E-state index in [4.69, 9.17) is 20.1 Å². The van der Waals surface area contributed by atoms with Crippen LogP contribution in [0.15, 0.2) is 107 Å². The van der Waals surface area contributed by atoms with Crippen LogP contribution in [0.25, 0.3) is 0 Å². The zero-order valence-corrected chi connectivity index (χ0v) is 27.8. The smallest absolute Gasteiger partial charge is 0.238 e. The van der Waals surface area contributed by atoms with E-state index in [1.807, 2.05) is 36.4 Å². The number of hydrogen-bond acceptors (Lipinski definition) is 6. The second-order valence-corrected chi connectivity index (χ2v) is 13.9. The van der Waals surface area contributed by atoms with Crippen LogP contribution in [-0.2, 0) is 32.0 Å². The molecule has 0 aliphatic carbocycles. The van der Waals surface area contributed by atoms with Gasteiger partial charge >= 0.3 is 0 Å². The standard InChI is InChI=1S/C13H12INO3S.C7H8BrNO2S.C6H5IO/c14-11-3-5-12(6-4-11)18-9-10-1-7-13(8-2-10)19(15,16)17;8-5-6-1-3-7(4-2-6)12(9,10)11;7-5-1-3-6(8)4-2-5/h1-8H,9H2,(H2,15,16,17);1-4H,5H2,(H2,9,10,11);1-4,8H. The maximum absolute atomic E-state index is 11.1. The number of nitrogens with two attached hydrogens (primary N) is 2. The Morgan fingerprint density at radius 2 is 1.03 bits per heavy atom. The molecule has 13 heteroatoms. The third kappa shape index (κ3) is 13.0. The minimum atomic E-state index is -3.63. The third-order valence-electron chi connectivity index (χ3n) is 4.70. The van der Waals surface area contributed by atoms with Crippen LogP contribution in [0.5, 0.6) is 11.5 Å². The van der Waals surface area contributed by atoms with E-state index in [0.717, 1.165) is 24.0 Å². The first-order valence-electron chi connectivity index (χ1n) is 10.9. The molecule has 0 spiro atoms. The summed E-state index contributed by atoms with van der Waals surface area (Å²) in [7, 11) is -7.18. The van der Waals surface area contributed by atoms with Crippen LogP contribution in [0.2, 0.25) is 0 Å². The molecule has 0 bridgehead atoms. The van der Waals surface area contributed by atoms with Gasteiger partial charge in [-0.1, -0.05) is 40.2 Å². The maximum Gasteiger partial charge on any atom is 0.238 e. The normalized spacial score (nSPS) is 10.9. The Hall–Kier alpha value is -1.76. The highest BCUT2D eigenvalue weighted by atomic mass is 127. The molecule has 0 heterocycles. The summed E-state index contributed by atoms with van der Waals surface area (Å²) in [6.45, 7) is 0.380. The van der Waals surface area contributed by atoms with Crippen LogP contribution in [0.1, 0.15) is 11.1 Å². The number of aromatic hydroxyl groups is 1. The van der Waals surface area contributed by atoms with Crippen molar-refractivity contribution < 1.29 is 26.7 Å². The molecule has 8 nitrogen and oxygen atoms in total. The van der Waals surface area contributed by atoms with Gasteiger partial charge in [0.05, 0.1) is 9.79 Å². The van der Waals surface area contributed by atoms with Gasteiger partial charge in [0.2, 0.25) is 20.0 Å². The van der Waals surface area contributed by atoms with Crippen LogP contribution < -0.4 is 15.0 Å². The predicted molar refractivity (Wildman–Crippen MR) is 173 cm³/mol. The van der Waals surface area contributed by atoms with E-state index >= 15 is 0 Å². The molecule has 0 amide bonds. The summed E-state index contributed by atoms with van der Waals surface area (Å²) in [6, 6.07) is 27.5.